The SMILES string of the molecule is CCNC(=NCCCn1c(C)nc2ccccc21)NCCCNC(=O)c1occc1C. The Labute approximate surface area is 183 Å². The molecule has 0 saturated carbocycles. The van der Waals surface area contributed by atoms with Crippen molar-refractivity contribution in [3.8, 4) is 0 Å². The molecule has 0 aliphatic carbocycles. The van der Waals surface area contributed by atoms with Gasteiger partial charge in [-0.3, -0.25) is 9.79 Å². The average molecular weight is 425 g/mol. The summed E-state index contributed by atoms with van der Waals surface area (Å²) in [7, 11) is 0. The predicted octanol–water partition coefficient (Wildman–Crippen LogP) is 3.01. The van der Waals surface area contributed by atoms with Crippen LogP contribution in [0.3, 0.4) is 0 Å². The van der Waals surface area contributed by atoms with Crippen LogP contribution >= 0.6 is 0 Å². The first-order chi connectivity index (χ1) is 15.1. The molecule has 1 aromatic carbocycles. The second-order valence-corrected chi connectivity index (χ2v) is 7.38. The molecule has 2 aromatic heterocycles. The molecule has 1 amide bonds. The molecule has 2 heterocycles. The van der Waals surface area contributed by atoms with E-state index in [1.165, 1.54) is 11.8 Å². The Balaban J connectivity index is 1.40. The number of hydrogen-bond donors (Lipinski definition) is 3. The lowest BCUT2D eigenvalue weighted by molar-refractivity contribution is 0.0925. The molecule has 8 heteroatoms. The lowest BCUT2D eigenvalue weighted by Crippen LogP contribution is -2.39. The summed E-state index contributed by atoms with van der Waals surface area (Å²) in [4.78, 5) is 21.3. The molecule has 3 rings (SSSR count). The van der Waals surface area contributed by atoms with Crippen LogP contribution in [0.15, 0.2) is 46.0 Å². The van der Waals surface area contributed by atoms with Crippen LogP contribution in [-0.2, 0) is 6.54 Å². The van der Waals surface area contributed by atoms with E-state index in [1.54, 1.807) is 6.07 Å². The van der Waals surface area contributed by atoms with Crippen molar-refractivity contribution < 1.29 is 9.21 Å². The van der Waals surface area contributed by atoms with E-state index >= 15 is 0 Å². The van der Waals surface area contributed by atoms with Crippen molar-refractivity contribution >= 4 is 22.9 Å². The fraction of sp³-hybridized carbons (Fsp3) is 0.435. The van der Waals surface area contributed by atoms with E-state index in [4.69, 9.17) is 4.42 Å². The summed E-state index contributed by atoms with van der Waals surface area (Å²) in [6.45, 7) is 9.63. The first-order valence-electron chi connectivity index (χ1n) is 10.9. The number of carbonyl (C=O) groups excluding carboxylic acids is 1. The Morgan fingerprint density at radius 2 is 1.90 bits per heavy atom. The van der Waals surface area contributed by atoms with E-state index in [9.17, 15) is 4.79 Å². The number of guanidine groups is 1. The van der Waals surface area contributed by atoms with Gasteiger partial charge in [0.25, 0.3) is 5.91 Å². The number of hydrogen-bond acceptors (Lipinski definition) is 4. The fourth-order valence-corrected chi connectivity index (χ4v) is 3.42. The maximum absolute atomic E-state index is 12.0. The van der Waals surface area contributed by atoms with Crippen molar-refractivity contribution in [3.05, 3.63) is 53.7 Å². The van der Waals surface area contributed by atoms with E-state index in [0.29, 0.717) is 18.8 Å². The second-order valence-electron chi connectivity index (χ2n) is 7.38. The first-order valence-corrected chi connectivity index (χ1v) is 10.9. The van der Waals surface area contributed by atoms with E-state index in [0.717, 1.165) is 55.3 Å². The van der Waals surface area contributed by atoms with Crippen molar-refractivity contribution in [1.82, 2.24) is 25.5 Å². The molecular weight excluding hydrogens is 392 g/mol. The number of furan rings is 1. The van der Waals surface area contributed by atoms with Gasteiger partial charge in [-0.1, -0.05) is 12.1 Å². The number of aryl methyl sites for hydroxylation is 3. The Hall–Kier alpha value is -3.29. The molecule has 0 bridgehead atoms. The molecule has 0 atom stereocenters. The number of aliphatic imine (C=N–C) groups is 1. The quantitative estimate of drug-likeness (QED) is 0.264. The minimum absolute atomic E-state index is 0.176. The highest BCUT2D eigenvalue weighted by Gasteiger charge is 2.11. The molecule has 166 valence electrons. The van der Waals surface area contributed by atoms with Gasteiger partial charge in [-0.15, -0.1) is 0 Å². The largest absolute Gasteiger partial charge is 0.459 e. The van der Waals surface area contributed by atoms with Crippen LogP contribution in [0.4, 0.5) is 0 Å². The van der Waals surface area contributed by atoms with Gasteiger partial charge in [-0.25, -0.2) is 4.98 Å². The number of fused-ring (bicyclic) bond motifs is 1. The van der Waals surface area contributed by atoms with Gasteiger partial charge in [-0.05, 0) is 51.8 Å². The van der Waals surface area contributed by atoms with Gasteiger partial charge in [0, 0.05) is 38.3 Å². The standard InChI is InChI=1S/C23H32N6O2/c1-4-24-23(26-13-7-12-25-22(30)21-17(2)11-16-31-21)27-14-8-15-29-18(3)28-19-9-5-6-10-20(19)29/h5-6,9-11,16H,4,7-8,12-15H2,1-3H3,(H,25,30)(H2,24,26,27). The molecule has 3 N–H and O–H groups in total. The summed E-state index contributed by atoms with van der Waals surface area (Å²) in [5.41, 5.74) is 3.05. The minimum atomic E-state index is -0.176. The molecule has 8 nitrogen and oxygen atoms in total. The van der Waals surface area contributed by atoms with Crippen molar-refractivity contribution in [3.63, 3.8) is 0 Å². The van der Waals surface area contributed by atoms with Crippen LogP contribution in [0.25, 0.3) is 11.0 Å². The van der Waals surface area contributed by atoms with E-state index < -0.39 is 0 Å². The Kier molecular flexibility index (Phi) is 8.09. The zero-order valence-corrected chi connectivity index (χ0v) is 18.6. The lowest BCUT2D eigenvalue weighted by atomic mass is 10.2. The summed E-state index contributed by atoms with van der Waals surface area (Å²) < 4.78 is 7.45. The number of imidazole rings is 1. The van der Waals surface area contributed by atoms with Crippen LogP contribution in [0, 0.1) is 13.8 Å². The highest BCUT2D eigenvalue weighted by atomic mass is 16.3. The highest BCUT2D eigenvalue weighted by molar-refractivity contribution is 5.92. The van der Waals surface area contributed by atoms with Crippen LogP contribution in [0.5, 0.6) is 0 Å². The zero-order valence-electron chi connectivity index (χ0n) is 18.6. The second kappa shape index (κ2) is 11.2. The molecule has 0 unspecified atom stereocenters. The molecule has 0 radical (unpaired) electrons. The summed E-state index contributed by atoms with van der Waals surface area (Å²) in [5, 5.41) is 9.46. The normalized spacial score (nSPS) is 11.6. The van der Waals surface area contributed by atoms with Gasteiger partial charge in [-0.2, -0.15) is 0 Å². The Morgan fingerprint density at radius 3 is 2.68 bits per heavy atom. The highest BCUT2D eigenvalue weighted by Crippen LogP contribution is 2.15. The van der Waals surface area contributed by atoms with E-state index in [2.05, 4.69) is 36.6 Å². The van der Waals surface area contributed by atoms with Gasteiger partial charge < -0.3 is 24.9 Å². The smallest absolute Gasteiger partial charge is 0.287 e. The summed E-state index contributed by atoms with van der Waals surface area (Å²) in [6, 6.07) is 10.00. The third-order valence-corrected chi connectivity index (χ3v) is 5.00. The number of nitrogens with one attached hydrogen (secondary N) is 3. The number of carbonyl (C=O) groups is 1. The molecule has 0 aliphatic heterocycles. The number of aromatic nitrogens is 2. The molecule has 31 heavy (non-hydrogen) atoms. The predicted molar refractivity (Wildman–Crippen MR) is 123 cm³/mol. The van der Waals surface area contributed by atoms with Crippen molar-refractivity contribution in [1.29, 1.82) is 0 Å². The van der Waals surface area contributed by atoms with Gasteiger partial charge in [0.15, 0.2) is 11.7 Å². The molecule has 0 fully saturated rings. The molecule has 0 saturated heterocycles. The Bertz CT molecular complexity index is 1020. The Morgan fingerprint density at radius 1 is 1.10 bits per heavy atom. The van der Waals surface area contributed by atoms with Gasteiger partial charge in [0.1, 0.15) is 5.82 Å². The lowest BCUT2D eigenvalue weighted by Gasteiger charge is -2.12. The zero-order chi connectivity index (χ0) is 22.1. The van der Waals surface area contributed by atoms with Gasteiger partial charge in [0.05, 0.1) is 17.3 Å². The van der Waals surface area contributed by atoms with Crippen molar-refractivity contribution in [2.75, 3.05) is 26.2 Å². The van der Waals surface area contributed by atoms with Crippen molar-refractivity contribution in [2.45, 2.75) is 40.2 Å². The minimum Gasteiger partial charge on any atom is -0.459 e. The van der Waals surface area contributed by atoms with Crippen LogP contribution < -0.4 is 16.0 Å². The number of amides is 1. The number of rotatable bonds is 10. The van der Waals surface area contributed by atoms with Gasteiger partial charge in [0.2, 0.25) is 0 Å². The average Bonchev–Trinajstić information content (AvgIpc) is 3.33. The van der Waals surface area contributed by atoms with Crippen LogP contribution in [0.1, 0.15) is 41.7 Å². The topological polar surface area (TPSA) is 96.5 Å². The van der Waals surface area contributed by atoms with Crippen molar-refractivity contribution in [2.24, 2.45) is 4.99 Å². The number of para-hydroxylation sites is 2. The third-order valence-electron chi connectivity index (χ3n) is 5.00. The molecular formula is C23H32N6O2. The van der Waals surface area contributed by atoms with Crippen LogP contribution in [-0.4, -0.2) is 47.6 Å². The molecule has 0 spiro atoms. The number of benzene rings is 1. The maximum atomic E-state index is 12.0. The van der Waals surface area contributed by atoms with E-state index in [1.807, 2.05) is 39.0 Å². The maximum Gasteiger partial charge on any atom is 0.287 e. The van der Waals surface area contributed by atoms with Gasteiger partial charge >= 0.3 is 0 Å². The summed E-state index contributed by atoms with van der Waals surface area (Å²) in [6.07, 6.45) is 3.24. The monoisotopic (exact) mass is 424 g/mol. The number of nitrogens with zero attached hydrogens (tertiary/aromatic N) is 3. The van der Waals surface area contributed by atoms with E-state index in [-0.39, 0.29) is 5.91 Å². The fourth-order valence-electron chi connectivity index (χ4n) is 3.42. The third kappa shape index (κ3) is 6.10. The molecule has 3 aromatic rings. The summed E-state index contributed by atoms with van der Waals surface area (Å²) in [5.74, 6) is 2.03. The first kappa shape index (κ1) is 22.4. The summed E-state index contributed by atoms with van der Waals surface area (Å²) >= 11 is 0. The molecule has 0 aliphatic rings. The van der Waals surface area contributed by atoms with Crippen LogP contribution in [0.2, 0.25) is 0 Å².